The van der Waals surface area contributed by atoms with E-state index in [1.807, 2.05) is 25.1 Å². The minimum absolute atomic E-state index is 0.899. The molecule has 0 saturated carbocycles. The minimum atomic E-state index is 0.899. The zero-order chi connectivity index (χ0) is 9.42. The molecule has 1 aromatic rings. The minimum Gasteiger partial charge on any atom is -0.298 e. The molecule has 66 valence electrons. The summed E-state index contributed by atoms with van der Waals surface area (Å²) in [5.74, 6) is 0. The molecule has 0 fully saturated rings. The van der Waals surface area contributed by atoms with Gasteiger partial charge in [-0.05, 0) is 24.6 Å². The Balaban J connectivity index is 2.50. The van der Waals surface area contributed by atoms with E-state index in [2.05, 4.69) is 11.6 Å². The van der Waals surface area contributed by atoms with Crippen molar-refractivity contribution in [3.05, 3.63) is 23.8 Å². The van der Waals surface area contributed by atoms with Crippen molar-refractivity contribution in [1.82, 2.24) is 5.12 Å². The molecule has 0 spiro atoms. The smallest absolute Gasteiger partial charge is 0.202 e. The molecule has 1 aliphatic rings. The predicted molar refractivity (Wildman–Crippen MR) is 50.7 cm³/mol. The van der Waals surface area contributed by atoms with Gasteiger partial charge < -0.3 is 0 Å². The summed E-state index contributed by atoms with van der Waals surface area (Å²) in [4.78, 5) is 0. The Morgan fingerprint density at radius 2 is 2.23 bits per heavy atom. The van der Waals surface area contributed by atoms with E-state index in [-0.39, 0.29) is 0 Å². The van der Waals surface area contributed by atoms with E-state index in [0.717, 1.165) is 11.4 Å². The van der Waals surface area contributed by atoms with Gasteiger partial charge in [0.25, 0.3) is 0 Å². The topological polar surface area (TPSA) is 42.3 Å². The van der Waals surface area contributed by atoms with Crippen LogP contribution >= 0.6 is 0 Å². The number of benzene rings is 1. The second kappa shape index (κ2) is 2.64. The molecule has 1 aromatic carbocycles. The summed E-state index contributed by atoms with van der Waals surface area (Å²) < 4.78 is 0. The lowest BCUT2D eigenvalue weighted by atomic mass is 10.2. The zero-order valence-corrected chi connectivity index (χ0v) is 7.57. The molecule has 0 radical (unpaired) electrons. The highest BCUT2D eigenvalue weighted by molar-refractivity contribution is 5.75. The van der Waals surface area contributed by atoms with Crippen molar-refractivity contribution in [2.24, 2.45) is 0 Å². The van der Waals surface area contributed by atoms with Gasteiger partial charge in [0.05, 0.1) is 11.4 Å². The first kappa shape index (κ1) is 7.90. The molecular formula is C9H10N4. The van der Waals surface area contributed by atoms with E-state index in [1.54, 1.807) is 12.2 Å². The van der Waals surface area contributed by atoms with Crippen molar-refractivity contribution in [3.63, 3.8) is 0 Å². The largest absolute Gasteiger partial charge is 0.298 e. The molecule has 13 heavy (non-hydrogen) atoms. The van der Waals surface area contributed by atoms with Gasteiger partial charge >= 0.3 is 0 Å². The normalized spacial score (nSPS) is 15.0. The number of hydrazine groups is 2. The van der Waals surface area contributed by atoms with Crippen LogP contribution in [0.3, 0.4) is 0 Å². The molecule has 2 rings (SSSR count). The van der Waals surface area contributed by atoms with Gasteiger partial charge in [-0.2, -0.15) is 10.3 Å². The number of rotatable bonds is 0. The fourth-order valence-corrected chi connectivity index (χ4v) is 1.43. The molecule has 0 saturated heterocycles. The number of nitriles is 1. The first-order chi connectivity index (χ1) is 6.22. The quantitative estimate of drug-likeness (QED) is 0.605. The predicted octanol–water partition coefficient (Wildman–Crippen LogP) is 1.47. The van der Waals surface area contributed by atoms with Crippen LogP contribution in [-0.4, -0.2) is 12.2 Å². The van der Waals surface area contributed by atoms with E-state index in [1.165, 1.54) is 10.6 Å². The molecule has 0 aromatic heterocycles. The summed E-state index contributed by atoms with van der Waals surface area (Å²) in [5.41, 5.74) is 6.13. The van der Waals surface area contributed by atoms with Crippen LogP contribution in [-0.2, 0) is 0 Å². The highest BCUT2D eigenvalue weighted by atomic mass is 15.8. The molecular weight excluding hydrogens is 164 g/mol. The average Bonchev–Trinajstić information content (AvgIpc) is 2.39. The molecule has 1 heterocycles. The second-order valence-corrected chi connectivity index (χ2v) is 3.07. The van der Waals surface area contributed by atoms with Crippen molar-refractivity contribution in [2.45, 2.75) is 6.92 Å². The Morgan fingerprint density at radius 3 is 2.92 bits per heavy atom. The molecule has 1 N–H and O–H groups in total. The Bertz CT molecular complexity index is 380. The first-order valence-corrected chi connectivity index (χ1v) is 4.03. The van der Waals surface area contributed by atoms with Crippen molar-refractivity contribution in [3.8, 4) is 6.19 Å². The van der Waals surface area contributed by atoms with Gasteiger partial charge in [0.1, 0.15) is 0 Å². The highest BCUT2D eigenvalue weighted by Gasteiger charge is 2.23. The zero-order valence-electron chi connectivity index (χ0n) is 7.57. The van der Waals surface area contributed by atoms with Gasteiger partial charge in [-0.1, -0.05) is 6.07 Å². The third kappa shape index (κ3) is 1.10. The summed E-state index contributed by atoms with van der Waals surface area (Å²) in [5, 5.41) is 12.0. The van der Waals surface area contributed by atoms with Gasteiger partial charge in [0.2, 0.25) is 6.19 Å². The number of nitrogens with one attached hydrogen (secondary N) is 1. The number of anilines is 2. The van der Waals surface area contributed by atoms with Crippen LogP contribution in [0.15, 0.2) is 18.2 Å². The molecule has 0 aliphatic carbocycles. The van der Waals surface area contributed by atoms with Crippen LogP contribution in [0.2, 0.25) is 0 Å². The highest BCUT2D eigenvalue weighted by Crippen LogP contribution is 2.32. The van der Waals surface area contributed by atoms with Crippen molar-refractivity contribution in [2.75, 3.05) is 17.5 Å². The van der Waals surface area contributed by atoms with E-state index in [4.69, 9.17) is 5.26 Å². The lowest BCUT2D eigenvalue weighted by molar-refractivity contribution is 0.434. The third-order valence-electron chi connectivity index (χ3n) is 2.06. The number of hydrogen-bond donors (Lipinski definition) is 1. The second-order valence-electron chi connectivity index (χ2n) is 3.07. The number of aryl methyl sites for hydroxylation is 1. The van der Waals surface area contributed by atoms with Gasteiger partial charge in [-0.25, -0.2) is 0 Å². The van der Waals surface area contributed by atoms with Crippen molar-refractivity contribution >= 4 is 11.4 Å². The fourth-order valence-electron chi connectivity index (χ4n) is 1.43. The summed E-state index contributed by atoms with van der Waals surface area (Å²) in [6.07, 6.45) is 2.09. The molecule has 0 amide bonds. The number of nitrogens with zero attached hydrogens (tertiary/aromatic N) is 3. The Labute approximate surface area is 76.9 Å². The van der Waals surface area contributed by atoms with Gasteiger partial charge in [-0.15, -0.1) is 5.12 Å². The van der Waals surface area contributed by atoms with Gasteiger partial charge in [-0.3, -0.25) is 5.43 Å². The molecule has 0 atom stereocenters. The lowest BCUT2D eigenvalue weighted by Crippen LogP contribution is -2.34. The Hall–Kier alpha value is -1.73. The summed E-state index contributed by atoms with van der Waals surface area (Å²) in [6.45, 7) is 2.02. The summed E-state index contributed by atoms with van der Waals surface area (Å²) in [7, 11) is 1.80. The summed E-state index contributed by atoms with van der Waals surface area (Å²) in [6, 6.07) is 5.94. The molecule has 1 aliphatic heterocycles. The number of fused-ring (bicyclic) bond motifs is 1. The molecule has 0 bridgehead atoms. The van der Waals surface area contributed by atoms with E-state index < -0.39 is 0 Å². The van der Waals surface area contributed by atoms with Gasteiger partial charge in [0.15, 0.2) is 0 Å². The van der Waals surface area contributed by atoms with Crippen molar-refractivity contribution < 1.29 is 0 Å². The maximum atomic E-state index is 8.85. The van der Waals surface area contributed by atoms with Crippen molar-refractivity contribution in [1.29, 1.82) is 5.26 Å². The third-order valence-corrected chi connectivity index (χ3v) is 2.06. The summed E-state index contributed by atoms with van der Waals surface area (Å²) >= 11 is 0. The van der Waals surface area contributed by atoms with E-state index in [9.17, 15) is 0 Å². The van der Waals surface area contributed by atoms with Crippen LogP contribution in [0.5, 0.6) is 0 Å². The molecule has 0 unspecified atom stereocenters. The van der Waals surface area contributed by atoms with E-state index >= 15 is 0 Å². The van der Waals surface area contributed by atoms with Crippen LogP contribution in [0.1, 0.15) is 5.56 Å². The monoisotopic (exact) mass is 174 g/mol. The standard InChI is InChI=1S/C9H10N4/c1-7-3-4-9-8(5-7)11-12(2)13(9)6-10/h3-5,11H,1-2H3. The van der Waals surface area contributed by atoms with E-state index in [0.29, 0.717) is 0 Å². The SMILES string of the molecule is Cc1ccc2c(c1)NN(C)N2C#N. The Morgan fingerprint density at radius 1 is 1.46 bits per heavy atom. The maximum absolute atomic E-state index is 8.85. The molecule has 4 nitrogen and oxygen atoms in total. The van der Waals surface area contributed by atoms with Crippen LogP contribution in [0, 0.1) is 18.4 Å². The lowest BCUT2D eigenvalue weighted by Gasteiger charge is -2.15. The number of hydrogen-bond acceptors (Lipinski definition) is 4. The average molecular weight is 174 g/mol. The fraction of sp³-hybridized carbons (Fsp3) is 0.222. The maximum Gasteiger partial charge on any atom is 0.202 e. The van der Waals surface area contributed by atoms with Gasteiger partial charge in [0, 0.05) is 7.05 Å². The Kier molecular flexibility index (Phi) is 1.61. The molecule has 4 heteroatoms. The van der Waals surface area contributed by atoms with Crippen LogP contribution in [0.25, 0.3) is 0 Å². The first-order valence-electron chi connectivity index (χ1n) is 4.03. The van der Waals surface area contributed by atoms with Crippen LogP contribution < -0.4 is 10.4 Å². The van der Waals surface area contributed by atoms with Crippen LogP contribution in [0.4, 0.5) is 11.4 Å².